The van der Waals surface area contributed by atoms with Crippen LogP contribution in [-0.2, 0) is 0 Å². The summed E-state index contributed by atoms with van der Waals surface area (Å²) in [6.07, 6.45) is 2.60. The molecule has 0 amide bonds. The number of hydrogen-bond acceptors (Lipinski definition) is 4. The fourth-order valence-electron chi connectivity index (χ4n) is 1.42. The summed E-state index contributed by atoms with van der Waals surface area (Å²) in [5, 5.41) is 4.83. The van der Waals surface area contributed by atoms with Crippen molar-refractivity contribution in [3.8, 4) is 0 Å². The molecule has 0 saturated heterocycles. The van der Waals surface area contributed by atoms with Crippen LogP contribution in [0, 0.1) is 0 Å². The molecule has 6 heteroatoms. The van der Waals surface area contributed by atoms with E-state index in [9.17, 15) is 0 Å². The number of nitrogens with one attached hydrogen (secondary N) is 1. The average molecular weight is 359 g/mol. The Hall–Kier alpha value is -0.780. The zero-order valence-corrected chi connectivity index (χ0v) is 13.5. The smallest absolute Gasteiger partial charge is 0.144 e. The van der Waals surface area contributed by atoms with Crippen molar-refractivity contribution >= 4 is 45.1 Å². The Kier molecular flexibility index (Phi) is 5.48. The maximum atomic E-state index is 6.15. The molecule has 1 heterocycles. The quantitative estimate of drug-likeness (QED) is 0.774. The molecule has 0 aliphatic carbocycles. The van der Waals surface area contributed by atoms with E-state index in [4.69, 9.17) is 11.6 Å². The van der Waals surface area contributed by atoms with Crippen LogP contribution in [0.2, 0.25) is 5.02 Å². The summed E-state index contributed by atoms with van der Waals surface area (Å²) >= 11 is 11.2. The summed E-state index contributed by atoms with van der Waals surface area (Å²) in [5.41, 5.74) is 0. The predicted octanol–water partition coefficient (Wildman–Crippen LogP) is 4.87. The number of benzene rings is 1. The Bertz CT molecular complexity index is 565. The monoisotopic (exact) mass is 357 g/mol. The third-order valence-corrected chi connectivity index (χ3v) is 4.88. The van der Waals surface area contributed by atoms with Gasteiger partial charge >= 0.3 is 0 Å². The highest BCUT2D eigenvalue weighted by atomic mass is 79.9. The summed E-state index contributed by atoms with van der Waals surface area (Å²) in [6.45, 7) is 2.99. The van der Waals surface area contributed by atoms with Gasteiger partial charge in [-0.15, -0.1) is 0 Å². The van der Waals surface area contributed by atoms with Gasteiger partial charge in [-0.3, -0.25) is 0 Å². The molecule has 0 fully saturated rings. The van der Waals surface area contributed by atoms with E-state index in [1.165, 1.54) is 11.8 Å². The number of rotatable bonds is 5. The fraction of sp³-hybridized carbons (Fsp3) is 0.231. The van der Waals surface area contributed by atoms with Gasteiger partial charge in [-0.05, 0) is 34.5 Å². The lowest BCUT2D eigenvalue weighted by Gasteiger charge is -2.09. The number of nitrogens with zero attached hydrogens (tertiary/aromatic N) is 2. The second-order valence-electron chi connectivity index (χ2n) is 3.80. The molecule has 19 heavy (non-hydrogen) atoms. The van der Waals surface area contributed by atoms with Crippen LogP contribution in [0.5, 0.6) is 0 Å². The van der Waals surface area contributed by atoms with Crippen LogP contribution in [0.1, 0.15) is 13.3 Å². The molecule has 3 nitrogen and oxygen atoms in total. The molecule has 0 bridgehead atoms. The zero-order valence-electron chi connectivity index (χ0n) is 10.4. The lowest BCUT2D eigenvalue weighted by atomic mass is 10.4. The minimum atomic E-state index is 0.723. The van der Waals surface area contributed by atoms with Crippen LogP contribution in [-0.4, -0.2) is 16.5 Å². The molecular weight excluding hydrogens is 346 g/mol. The summed E-state index contributed by atoms with van der Waals surface area (Å²) in [6, 6.07) is 7.71. The summed E-state index contributed by atoms with van der Waals surface area (Å²) < 4.78 is 0.869. The largest absolute Gasteiger partial charge is 0.369 e. The van der Waals surface area contributed by atoms with Gasteiger partial charge in [-0.25, -0.2) is 9.97 Å². The Morgan fingerprint density at radius 2 is 2.11 bits per heavy atom. The van der Waals surface area contributed by atoms with Gasteiger partial charge in [-0.2, -0.15) is 0 Å². The van der Waals surface area contributed by atoms with E-state index >= 15 is 0 Å². The summed E-state index contributed by atoms with van der Waals surface area (Å²) in [5.74, 6) is 0.811. The highest BCUT2D eigenvalue weighted by Gasteiger charge is 2.11. The number of aromatic nitrogens is 2. The minimum absolute atomic E-state index is 0.723. The molecule has 2 aromatic rings. The van der Waals surface area contributed by atoms with Crippen molar-refractivity contribution in [3.05, 3.63) is 40.1 Å². The second kappa shape index (κ2) is 7.12. The van der Waals surface area contributed by atoms with E-state index in [-0.39, 0.29) is 0 Å². The van der Waals surface area contributed by atoms with Crippen molar-refractivity contribution in [2.75, 3.05) is 11.9 Å². The first-order chi connectivity index (χ1) is 9.22. The summed E-state index contributed by atoms with van der Waals surface area (Å²) in [4.78, 5) is 9.49. The lowest BCUT2D eigenvalue weighted by molar-refractivity contribution is 0.946. The van der Waals surface area contributed by atoms with Crippen molar-refractivity contribution in [1.29, 1.82) is 0 Å². The van der Waals surface area contributed by atoms with E-state index < -0.39 is 0 Å². The molecule has 2 rings (SSSR count). The van der Waals surface area contributed by atoms with E-state index in [0.717, 1.165) is 38.2 Å². The van der Waals surface area contributed by atoms with Gasteiger partial charge in [0.25, 0.3) is 0 Å². The average Bonchev–Trinajstić information content (AvgIpc) is 2.42. The molecule has 1 N–H and O–H groups in total. The molecular formula is C13H13BrClN3S. The van der Waals surface area contributed by atoms with Gasteiger partial charge in [0.05, 0.1) is 9.50 Å². The molecule has 1 aromatic carbocycles. The molecule has 0 saturated carbocycles. The maximum absolute atomic E-state index is 6.15. The Labute approximate surface area is 130 Å². The van der Waals surface area contributed by atoms with Crippen molar-refractivity contribution < 1.29 is 0 Å². The van der Waals surface area contributed by atoms with E-state index in [0.29, 0.717) is 0 Å². The lowest BCUT2D eigenvalue weighted by Crippen LogP contribution is -2.03. The van der Waals surface area contributed by atoms with E-state index in [1.807, 2.05) is 24.3 Å². The van der Waals surface area contributed by atoms with Gasteiger partial charge in [0.1, 0.15) is 17.2 Å². The van der Waals surface area contributed by atoms with Gasteiger partial charge in [-0.1, -0.05) is 42.4 Å². The highest BCUT2D eigenvalue weighted by Crippen LogP contribution is 2.37. The van der Waals surface area contributed by atoms with Crippen LogP contribution >= 0.6 is 39.3 Å². The zero-order chi connectivity index (χ0) is 13.7. The summed E-state index contributed by atoms with van der Waals surface area (Å²) in [7, 11) is 0. The van der Waals surface area contributed by atoms with Gasteiger partial charge in [0.2, 0.25) is 0 Å². The third kappa shape index (κ3) is 3.84. The molecule has 0 aliphatic rings. The molecule has 100 valence electrons. The standard InChI is InChI=1S/C13H13BrClN3S/c1-2-7-16-12-11(14)13(18-8-17-12)19-10-6-4-3-5-9(10)15/h3-6,8H,2,7H2,1H3,(H,16,17,18). The first kappa shape index (κ1) is 14.6. The van der Waals surface area contributed by atoms with Crippen molar-refractivity contribution in [2.45, 2.75) is 23.3 Å². The molecule has 0 radical (unpaired) electrons. The van der Waals surface area contributed by atoms with Crippen LogP contribution in [0.3, 0.4) is 0 Å². The number of hydrogen-bond donors (Lipinski definition) is 1. The maximum Gasteiger partial charge on any atom is 0.144 e. The predicted molar refractivity (Wildman–Crippen MR) is 84.1 cm³/mol. The van der Waals surface area contributed by atoms with E-state index in [2.05, 4.69) is 38.1 Å². The van der Waals surface area contributed by atoms with Gasteiger partial charge < -0.3 is 5.32 Å². The Morgan fingerprint density at radius 3 is 2.84 bits per heavy atom. The normalized spacial score (nSPS) is 10.5. The molecule has 0 atom stereocenters. The number of halogens is 2. The van der Waals surface area contributed by atoms with Crippen molar-refractivity contribution in [3.63, 3.8) is 0 Å². The Balaban J connectivity index is 2.23. The molecule has 0 aliphatic heterocycles. The minimum Gasteiger partial charge on any atom is -0.369 e. The van der Waals surface area contributed by atoms with Gasteiger partial charge in [0, 0.05) is 11.4 Å². The molecule has 0 spiro atoms. The first-order valence-electron chi connectivity index (χ1n) is 5.89. The van der Waals surface area contributed by atoms with Crippen LogP contribution in [0.15, 0.2) is 45.0 Å². The number of anilines is 1. The van der Waals surface area contributed by atoms with Crippen LogP contribution in [0.4, 0.5) is 5.82 Å². The first-order valence-corrected chi connectivity index (χ1v) is 7.88. The Morgan fingerprint density at radius 1 is 1.32 bits per heavy atom. The van der Waals surface area contributed by atoms with Crippen molar-refractivity contribution in [2.24, 2.45) is 0 Å². The highest BCUT2D eigenvalue weighted by molar-refractivity contribution is 9.10. The van der Waals surface area contributed by atoms with Crippen molar-refractivity contribution in [1.82, 2.24) is 9.97 Å². The molecule has 1 aromatic heterocycles. The SMILES string of the molecule is CCCNc1ncnc(Sc2ccccc2Cl)c1Br. The van der Waals surface area contributed by atoms with E-state index in [1.54, 1.807) is 6.33 Å². The topological polar surface area (TPSA) is 37.8 Å². The molecule has 0 unspecified atom stereocenters. The third-order valence-electron chi connectivity index (χ3n) is 2.34. The second-order valence-corrected chi connectivity index (χ2v) is 6.03. The fourth-order valence-corrected chi connectivity index (χ4v) is 3.07. The van der Waals surface area contributed by atoms with Gasteiger partial charge in [0.15, 0.2) is 0 Å². The van der Waals surface area contributed by atoms with Crippen LogP contribution < -0.4 is 5.32 Å². The van der Waals surface area contributed by atoms with Crippen LogP contribution in [0.25, 0.3) is 0 Å².